The number of hydrogen-bond acceptors (Lipinski definition) is 2. The van der Waals surface area contributed by atoms with Gasteiger partial charge in [-0.1, -0.05) is 23.8 Å². The minimum Gasteiger partial charge on any atom is -0.476 e. The Kier molecular flexibility index (Phi) is 3.19. The van der Waals surface area contributed by atoms with Crippen LogP contribution >= 0.6 is 0 Å². The molecule has 0 spiro atoms. The van der Waals surface area contributed by atoms with Crippen LogP contribution in [0.25, 0.3) is 0 Å². The molecule has 0 bridgehead atoms. The first-order chi connectivity index (χ1) is 8.47. The van der Waals surface area contributed by atoms with E-state index in [0.29, 0.717) is 12.4 Å². The van der Waals surface area contributed by atoms with Crippen molar-refractivity contribution in [3.63, 3.8) is 0 Å². The van der Waals surface area contributed by atoms with Crippen molar-refractivity contribution in [2.75, 3.05) is 0 Å². The number of rotatable bonds is 3. The van der Waals surface area contributed by atoms with Crippen molar-refractivity contribution < 1.29 is 9.90 Å². The third-order valence-corrected chi connectivity index (χ3v) is 3.04. The lowest BCUT2D eigenvalue weighted by Gasteiger charge is -2.09. The van der Waals surface area contributed by atoms with E-state index in [2.05, 4.69) is 30.1 Å². The summed E-state index contributed by atoms with van der Waals surface area (Å²) in [6.45, 7) is 6.57. The van der Waals surface area contributed by atoms with Gasteiger partial charge in [-0.05, 0) is 31.9 Å². The molecule has 94 valence electrons. The zero-order valence-corrected chi connectivity index (χ0v) is 10.8. The molecule has 0 unspecified atom stereocenters. The molecular weight excluding hydrogens is 228 g/mol. The lowest BCUT2D eigenvalue weighted by Crippen LogP contribution is -2.03. The molecule has 2 aromatic rings. The number of aryl methyl sites for hydroxylation is 3. The lowest BCUT2D eigenvalue weighted by molar-refractivity contribution is 0.0691. The summed E-state index contributed by atoms with van der Waals surface area (Å²) in [5, 5.41) is 8.91. The number of carboxylic acid groups (broad SMARTS) is 1. The molecule has 0 saturated carbocycles. The second-order valence-electron chi connectivity index (χ2n) is 4.54. The molecule has 0 atom stereocenters. The summed E-state index contributed by atoms with van der Waals surface area (Å²) in [5.74, 6) is -0.272. The number of nitrogens with zero attached hydrogens (tertiary/aromatic N) is 2. The third kappa shape index (κ3) is 2.42. The number of imidazole rings is 1. The average Bonchev–Trinajstić information content (AvgIpc) is 2.66. The quantitative estimate of drug-likeness (QED) is 0.902. The van der Waals surface area contributed by atoms with E-state index in [9.17, 15) is 4.79 Å². The molecular formula is C14H16N2O2. The van der Waals surface area contributed by atoms with E-state index in [-0.39, 0.29) is 5.69 Å². The van der Waals surface area contributed by atoms with Crippen molar-refractivity contribution in [1.82, 2.24) is 9.55 Å². The van der Waals surface area contributed by atoms with Crippen LogP contribution in [0.3, 0.4) is 0 Å². The van der Waals surface area contributed by atoms with Crippen LogP contribution in [-0.4, -0.2) is 20.6 Å². The van der Waals surface area contributed by atoms with Crippen LogP contribution in [0, 0.1) is 20.8 Å². The van der Waals surface area contributed by atoms with Crippen LogP contribution in [0.4, 0.5) is 0 Å². The number of aromatic nitrogens is 2. The standard InChI is InChI=1S/C14H16N2O2/c1-9-4-5-10(2)12(6-9)7-16-8-13(14(17)18)15-11(16)3/h4-6,8H,7H2,1-3H3,(H,17,18). The van der Waals surface area contributed by atoms with E-state index in [1.807, 2.05) is 18.4 Å². The van der Waals surface area contributed by atoms with Crippen LogP contribution < -0.4 is 0 Å². The van der Waals surface area contributed by atoms with Gasteiger partial charge in [0.15, 0.2) is 5.69 Å². The molecule has 4 nitrogen and oxygen atoms in total. The smallest absolute Gasteiger partial charge is 0.356 e. The fraction of sp³-hybridized carbons (Fsp3) is 0.286. The molecule has 0 aliphatic heterocycles. The summed E-state index contributed by atoms with van der Waals surface area (Å²) < 4.78 is 1.87. The van der Waals surface area contributed by atoms with Crippen molar-refractivity contribution in [2.24, 2.45) is 0 Å². The fourth-order valence-electron chi connectivity index (χ4n) is 1.93. The van der Waals surface area contributed by atoms with Gasteiger partial charge >= 0.3 is 5.97 Å². The first kappa shape index (κ1) is 12.4. The van der Waals surface area contributed by atoms with Crippen LogP contribution in [0.1, 0.15) is 33.0 Å². The van der Waals surface area contributed by atoms with Crippen molar-refractivity contribution >= 4 is 5.97 Å². The predicted molar refractivity (Wildman–Crippen MR) is 68.9 cm³/mol. The Morgan fingerprint density at radius 1 is 1.33 bits per heavy atom. The van der Waals surface area contributed by atoms with Gasteiger partial charge in [-0.25, -0.2) is 9.78 Å². The van der Waals surface area contributed by atoms with Gasteiger partial charge in [0.25, 0.3) is 0 Å². The van der Waals surface area contributed by atoms with Gasteiger partial charge in [0, 0.05) is 12.7 Å². The summed E-state index contributed by atoms with van der Waals surface area (Å²) in [6.07, 6.45) is 1.58. The van der Waals surface area contributed by atoms with Gasteiger partial charge in [-0.2, -0.15) is 0 Å². The molecule has 4 heteroatoms. The number of hydrogen-bond donors (Lipinski definition) is 1. The largest absolute Gasteiger partial charge is 0.476 e. The maximum absolute atomic E-state index is 10.9. The molecule has 1 heterocycles. The van der Waals surface area contributed by atoms with Gasteiger partial charge in [-0.15, -0.1) is 0 Å². The normalized spacial score (nSPS) is 10.6. The minimum absolute atomic E-state index is 0.0952. The zero-order chi connectivity index (χ0) is 13.3. The van der Waals surface area contributed by atoms with E-state index >= 15 is 0 Å². The SMILES string of the molecule is Cc1ccc(C)c(Cn2cc(C(=O)O)nc2C)c1. The van der Waals surface area contributed by atoms with E-state index < -0.39 is 5.97 Å². The summed E-state index contributed by atoms with van der Waals surface area (Å²) >= 11 is 0. The fourth-order valence-corrected chi connectivity index (χ4v) is 1.93. The first-order valence-corrected chi connectivity index (χ1v) is 5.80. The van der Waals surface area contributed by atoms with Crippen molar-refractivity contribution in [3.05, 3.63) is 52.6 Å². The highest BCUT2D eigenvalue weighted by molar-refractivity contribution is 5.85. The van der Waals surface area contributed by atoms with Gasteiger partial charge < -0.3 is 9.67 Å². The highest BCUT2D eigenvalue weighted by Crippen LogP contribution is 2.14. The summed E-state index contributed by atoms with van der Waals surface area (Å²) in [6, 6.07) is 6.27. The van der Waals surface area contributed by atoms with E-state index in [1.165, 1.54) is 16.7 Å². The van der Waals surface area contributed by atoms with Crippen molar-refractivity contribution in [2.45, 2.75) is 27.3 Å². The molecule has 0 amide bonds. The summed E-state index contributed by atoms with van der Waals surface area (Å²) in [7, 11) is 0. The maximum Gasteiger partial charge on any atom is 0.356 e. The molecule has 0 aliphatic rings. The molecule has 0 aliphatic carbocycles. The summed E-state index contributed by atoms with van der Waals surface area (Å²) in [5.41, 5.74) is 3.68. The monoisotopic (exact) mass is 244 g/mol. The number of benzene rings is 1. The molecule has 0 saturated heterocycles. The molecule has 0 radical (unpaired) electrons. The lowest BCUT2D eigenvalue weighted by atomic mass is 10.1. The molecule has 1 aromatic carbocycles. The second kappa shape index (κ2) is 4.64. The van der Waals surface area contributed by atoms with Gasteiger partial charge in [-0.3, -0.25) is 0 Å². The topological polar surface area (TPSA) is 55.1 Å². The molecule has 18 heavy (non-hydrogen) atoms. The van der Waals surface area contributed by atoms with Gasteiger partial charge in [0.2, 0.25) is 0 Å². The zero-order valence-electron chi connectivity index (χ0n) is 10.8. The minimum atomic E-state index is -0.988. The molecule has 0 fully saturated rings. The molecule has 2 rings (SSSR count). The number of aromatic carboxylic acids is 1. The Bertz CT molecular complexity index is 600. The number of carbonyl (C=O) groups is 1. The predicted octanol–water partition coefficient (Wildman–Crippen LogP) is 2.55. The van der Waals surface area contributed by atoms with Gasteiger partial charge in [0.1, 0.15) is 5.82 Å². The van der Waals surface area contributed by atoms with Crippen molar-refractivity contribution in [3.8, 4) is 0 Å². The molecule has 1 aromatic heterocycles. The Hall–Kier alpha value is -2.10. The van der Waals surface area contributed by atoms with Crippen molar-refractivity contribution in [1.29, 1.82) is 0 Å². The van der Waals surface area contributed by atoms with Crippen LogP contribution in [0.5, 0.6) is 0 Å². The molecule has 1 N–H and O–H groups in total. The Morgan fingerprint density at radius 3 is 2.67 bits per heavy atom. The van der Waals surface area contributed by atoms with E-state index in [4.69, 9.17) is 5.11 Å². The average molecular weight is 244 g/mol. The number of carboxylic acids is 1. The van der Waals surface area contributed by atoms with Crippen LogP contribution in [0.2, 0.25) is 0 Å². The Balaban J connectivity index is 2.34. The van der Waals surface area contributed by atoms with Crippen LogP contribution in [-0.2, 0) is 6.54 Å². The first-order valence-electron chi connectivity index (χ1n) is 5.80. The highest BCUT2D eigenvalue weighted by Gasteiger charge is 2.11. The van der Waals surface area contributed by atoms with E-state index in [0.717, 1.165) is 0 Å². The second-order valence-corrected chi connectivity index (χ2v) is 4.54. The highest BCUT2D eigenvalue weighted by atomic mass is 16.4. The van der Waals surface area contributed by atoms with Gasteiger partial charge in [0.05, 0.1) is 0 Å². The Morgan fingerprint density at radius 2 is 2.06 bits per heavy atom. The van der Waals surface area contributed by atoms with Crippen LogP contribution in [0.15, 0.2) is 24.4 Å². The Labute approximate surface area is 106 Å². The maximum atomic E-state index is 10.9. The third-order valence-electron chi connectivity index (χ3n) is 3.04. The summed E-state index contributed by atoms with van der Waals surface area (Å²) in [4.78, 5) is 14.9. The van der Waals surface area contributed by atoms with E-state index in [1.54, 1.807) is 6.20 Å².